The van der Waals surface area contributed by atoms with Gasteiger partial charge in [0.25, 0.3) is 0 Å². The van der Waals surface area contributed by atoms with Gasteiger partial charge in [-0.3, -0.25) is 0 Å². The molecule has 9 heteroatoms. The van der Waals surface area contributed by atoms with Crippen LogP contribution in [-0.2, 0) is 12.8 Å². The topological polar surface area (TPSA) is 165 Å². The Morgan fingerprint density at radius 2 is 1.31 bits per heavy atom. The molecule has 2 aromatic rings. The van der Waals surface area contributed by atoms with Crippen LogP contribution in [0.3, 0.4) is 0 Å². The monoisotopic (exact) mass is 406 g/mol. The highest BCUT2D eigenvalue weighted by molar-refractivity contribution is 5.97. The highest BCUT2D eigenvalue weighted by Gasteiger charge is 2.27. The van der Waals surface area contributed by atoms with Crippen LogP contribution in [0.1, 0.15) is 58.5 Å². The number of hydrogen-bond donors (Lipinski definition) is 6. The van der Waals surface area contributed by atoms with Gasteiger partial charge in [0.2, 0.25) is 11.5 Å². The van der Waals surface area contributed by atoms with Gasteiger partial charge >= 0.3 is 11.9 Å². The predicted octanol–water partition coefficient (Wildman–Crippen LogP) is 3.04. The third-order valence-corrected chi connectivity index (χ3v) is 4.34. The van der Waals surface area contributed by atoms with Gasteiger partial charge in [0.15, 0.2) is 23.0 Å². The summed E-state index contributed by atoms with van der Waals surface area (Å²) in [4.78, 5) is 24.3. The van der Waals surface area contributed by atoms with E-state index in [1.807, 2.05) is 0 Å². The van der Waals surface area contributed by atoms with Crippen molar-refractivity contribution in [1.82, 2.24) is 0 Å². The van der Waals surface area contributed by atoms with E-state index in [0.717, 1.165) is 12.1 Å². The predicted molar refractivity (Wildman–Crippen MR) is 101 cm³/mol. The molecule has 2 aromatic carbocycles. The fourth-order valence-electron chi connectivity index (χ4n) is 2.99. The number of phenols is 5. The fourth-order valence-corrected chi connectivity index (χ4v) is 2.99. The molecule has 2 rings (SSSR count). The number of carbonyl (C=O) groups excluding carboxylic acids is 1. The van der Waals surface area contributed by atoms with Crippen molar-refractivity contribution in [3.63, 3.8) is 0 Å². The van der Waals surface area contributed by atoms with Gasteiger partial charge in [-0.1, -0.05) is 26.7 Å². The molecule has 29 heavy (non-hydrogen) atoms. The van der Waals surface area contributed by atoms with Crippen LogP contribution in [0, 0.1) is 0 Å². The second kappa shape index (κ2) is 8.59. The number of aromatic carboxylic acids is 1. The zero-order chi connectivity index (χ0) is 21.9. The maximum absolute atomic E-state index is 12.8. The van der Waals surface area contributed by atoms with Crippen LogP contribution in [0.15, 0.2) is 12.1 Å². The maximum atomic E-state index is 12.8. The molecule has 0 aromatic heterocycles. The lowest BCUT2D eigenvalue weighted by Crippen LogP contribution is -2.14. The Labute approximate surface area is 166 Å². The van der Waals surface area contributed by atoms with Crippen LogP contribution >= 0.6 is 0 Å². The fraction of sp³-hybridized carbons (Fsp3) is 0.300. The lowest BCUT2D eigenvalue weighted by atomic mass is 9.99. The number of carboxylic acid groups (broad SMARTS) is 1. The molecule has 156 valence electrons. The maximum Gasteiger partial charge on any atom is 0.344 e. The van der Waals surface area contributed by atoms with Gasteiger partial charge in [0.05, 0.1) is 11.1 Å². The van der Waals surface area contributed by atoms with Gasteiger partial charge in [-0.25, -0.2) is 9.59 Å². The number of rotatable bonds is 7. The molecule has 0 radical (unpaired) electrons. The van der Waals surface area contributed by atoms with Crippen LogP contribution in [0.25, 0.3) is 0 Å². The lowest BCUT2D eigenvalue weighted by Gasteiger charge is -2.17. The summed E-state index contributed by atoms with van der Waals surface area (Å²) < 4.78 is 5.21. The largest absolute Gasteiger partial charge is 0.504 e. The average Bonchev–Trinajstić information content (AvgIpc) is 2.67. The van der Waals surface area contributed by atoms with E-state index in [2.05, 4.69) is 0 Å². The molecule has 0 bridgehead atoms. The first-order chi connectivity index (χ1) is 13.6. The Morgan fingerprint density at radius 3 is 1.86 bits per heavy atom. The first kappa shape index (κ1) is 21.7. The van der Waals surface area contributed by atoms with Crippen molar-refractivity contribution >= 4 is 11.9 Å². The summed E-state index contributed by atoms with van der Waals surface area (Å²) in [5, 5.41) is 58.9. The molecule has 0 amide bonds. The summed E-state index contributed by atoms with van der Waals surface area (Å²) >= 11 is 0. The lowest BCUT2D eigenvalue weighted by molar-refractivity contribution is 0.0682. The number of benzene rings is 2. The quantitative estimate of drug-likeness (QED) is 0.230. The Hall–Kier alpha value is -3.62. The minimum atomic E-state index is -1.38. The first-order valence-corrected chi connectivity index (χ1v) is 8.93. The molecule has 0 unspecified atom stereocenters. The zero-order valence-electron chi connectivity index (χ0n) is 15.9. The standard InChI is InChI=1S/C20H22O9/c1-3-5-9-12(8-13(21)16(24)15(9)23)20(28)29-18-10(6-4-2)11(19(26)27)7-14(22)17(18)25/h7-8,21-25H,3-6H2,1-2H3,(H,26,27). The third-order valence-electron chi connectivity index (χ3n) is 4.34. The second-order valence-corrected chi connectivity index (χ2v) is 6.41. The Bertz CT molecular complexity index is 963. The van der Waals surface area contributed by atoms with Crippen LogP contribution in [-0.4, -0.2) is 42.6 Å². The molecule has 6 N–H and O–H groups in total. The number of hydrogen-bond acceptors (Lipinski definition) is 8. The molecular formula is C20H22O9. The Balaban J connectivity index is 2.63. The van der Waals surface area contributed by atoms with Crippen molar-refractivity contribution in [2.75, 3.05) is 0 Å². The number of carbonyl (C=O) groups is 2. The van der Waals surface area contributed by atoms with Gasteiger partial charge in [-0.15, -0.1) is 0 Å². The Kier molecular flexibility index (Phi) is 6.42. The van der Waals surface area contributed by atoms with E-state index in [-0.39, 0.29) is 35.1 Å². The molecule has 0 saturated heterocycles. The molecule has 0 atom stereocenters. The van der Waals surface area contributed by atoms with Gasteiger partial charge in [-0.05, 0) is 25.0 Å². The van der Waals surface area contributed by atoms with Crippen molar-refractivity contribution in [2.45, 2.75) is 39.5 Å². The SMILES string of the molecule is CCCc1c(C(=O)Oc2c(O)c(O)cc(C(=O)O)c2CCC)cc(O)c(O)c1O. The minimum absolute atomic E-state index is 0.00733. The number of aromatic hydroxyl groups is 5. The van der Waals surface area contributed by atoms with Crippen LogP contribution < -0.4 is 4.74 Å². The van der Waals surface area contributed by atoms with Crippen molar-refractivity contribution in [2.24, 2.45) is 0 Å². The smallest absolute Gasteiger partial charge is 0.344 e. The number of carboxylic acids is 1. The van der Waals surface area contributed by atoms with Crippen LogP contribution in [0.5, 0.6) is 34.5 Å². The van der Waals surface area contributed by atoms with Crippen LogP contribution in [0.2, 0.25) is 0 Å². The van der Waals surface area contributed by atoms with Gasteiger partial charge in [-0.2, -0.15) is 0 Å². The van der Waals surface area contributed by atoms with E-state index in [0.29, 0.717) is 12.8 Å². The summed E-state index contributed by atoms with van der Waals surface area (Å²) in [6.45, 7) is 3.51. The summed E-state index contributed by atoms with van der Waals surface area (Å²) in [5.74, 6) is -6.84. The normalized spacial score (nSPS) is 10.7. The molecule has 0 heterocycles. The van der Waals surface area contributed by atoms with E-state index >= 15 is 0 Å². The van der Waals surface area contributed by atoms with Crippen molar-refractivity contribution < 1.29 is 45.0 Å². The molecule has 0 saturated carbocycles. The van der Waals surface area contributed by atoms with E-state index in [9.17, 15) is 40.2 Å². The summed E-state index contributed by atoms with van der Waals surface area (Å²) in [5.41, 5.74) is -0.590. The van der Waals surface area contributed by atoms with Crippen molar-refractivity contribution in [1.29, 1.82) is 0 Å². The number of phenolic OH excluding ortho intramolecular Hbond substituents is 5. The van der Waals surface area contributed by atoms with Gasteiger partial charge in [0.1, 0.15) is 0 Å². The highest BCUT2D eigenvalue weighted by Crippen LogP contribution is 2.43. The number of esters is 1. The molecule has 0 aliphatic rings. The van der Waals surface area contributed by atoms with E-state index in [1.165, 1.54) is 0 Å². The molecular weight excluding hydrogens is 384 g/mol. The molecule has 0 spiro atoms. The van der Waals surface area contributed by atoms with Crippen LogP contribution in [0.4, 0.5) is 0 Å². The minimum Gasteiger partial charge on any atom is -0.504 e. The Morgan fingerprint density at radius 1 is 0.793 bits per heavy atom. The van der Waals surface area contributed by atoms with Crippen molar-refractivity contribution in [3.8, 4) is 34.5 Å². The highest BCUT2D eigenvalue weighted by atomic mass is 16.5. The summed E-state index contributed by atoms with van der Waals surface area (Å²) in [6, 6.07) is 1.76. The van der Waals surface area contributed by atoms with Crippen molar-refractivity contribution in [3.05, 3.63) is 34.4 Å². The summed E-state index contributed by atoms with van der Waals surface area (Å²) in [7, 11) is 0. The third kappa shape index (κ3) is 4.13. The molecule has 0 fully saturated rings. The average molecular weight is 406 g/mol. The van der Waals surface area contributed by atoms with Gasteiger partial charge < -0.3 is 35.4 Å². The van der Waals surface area contributed by atoms with E-state index in [4.69, 9.17) is 4.74 Å². The molecule has 0 aliphatic carbocycles. The van der Waals surface area contributed by atoms with Gasteiger partial charge in [0, 0.05) is 11.1 Å². The van der Waals surface area contributed by atoms with E-state index in [1.54, 1.807) is 13.8 Å². The first-order valence-electron chi connectivity index (χ1n) is 8.93. The van der Waals surface area contributed by atoms with E-state index < -0.39 is 46.4 Å². The summed E-state index contributed by atoms with van der Waals surface area (Å²) in [6.07, 6.45) is 1.24. The second-order valence-electron chi connectivity index (χ2n) is 6.41. The number of ether oxygens (including phenoxy) is 1. The molecule has 9 nitrogen and oxygen atoms in total. The zero-order valence-corrected chi connectivity index (χ0v) is 15.9. The molecule has 0 aliphatic heterocycles.